The number of hydrogen-bond acceptors (Lipinski definition) is 3. The molecule has 0 aromatic heterocycles. The van der Waals surface area contributed by atoms with Gasteiger partial charge in [0.25, 0.3) is 0 Å². The van der Waals surface area contributed by atoms with Crippen LogP contribution in [0.25, 0.3) is 0 Å². The number of nitrogens with one attached hydrogen (secondary N) is 1. The van der Waals surface area contributed by atoms with Crippen molar-refractivity contribution in [3.63, 3.8) is 0 Å². The highest BCUT2D eigenvalue weighted by atomic mass is 32.2. The van der Waals surface area contributed by atoms with Crippen LogP contribution in [0.1, 0.15) is 31.9 Å². The first kappa shape index (κ1) is 18.5. The van der Waals surface area contributed by atoms with E-state index in [1.165, 1.54) is 5.56 Å². The second-order valence-electron chi connectivity index (χ2n) is 6.84. The topological polar surface area (TPSA) is 55.4 Å². The molecule has 24 heavy (non-hydrogen) atoms. The van der Waals surface area contributed by atoms with E-state index in [4.69, 9.17) is 4.74 Å². The van der Waals surface area contributed by atoms with E-state index in [0.717, 1.165) is 11.3 Å². The third-order valence-electron chi connectivity index (χ3n) is 3.69. The van der Waals surface area contributed by atoms with Crippen LogP contribution in [0, 0.1) is 6.92 Å². The van der Waals surface area contributed by atoms with Gasteiger partial charge in [0, 0.05) is 6.54 Å². The van der Waals surface area contributed by atoms with E-state index in [0.29, 0.717) is 0 Å². The Morgan fingerprint density at radius 3 is 2.33 bits per heavy atom. The van der Waals surface area contributed by atoms with Crippen LogP contribution in [-0.2, 0) is 15.4 Å². The van der Waals surface area contributed by atoms with Gasteiger partial charge in [-0.1, -0.05) is 50.6 Å². The van der Waals surface area contributed by atoms with Gasteiger partial charge in [0.05, 0.1) is 4.90 Å². The van der Waals surface area contributed by atoms with Gasteiger partial charge in [-0.3, -0.25) is 0 Å². The summed E-state index contributed by atoms with van der Waals surface area (Å²) in [6.07, 6.45) is 0. The maximum atomic E-state index is 12.2. The third-order valence-corrected chi connectivity index (χ3v) is 5.17. The van der Waals surface area contributed by atoms with E-state index < -0.39 is 10.0 Å². The monoisotopic (exact) mass is 347 g/mol. The van der Waals surface area contributed by atoms with E-state index in [-0.39, 0.29) is 23.5 Å². The van der Waals surface area contributed by atoms with Crippen molar-refractivity contribution >= 4 is 10.0 Å². The fourth-order valence-corrected chi connectivity index (χ4v) is 3.21. The highest BCUT2D eigenvalue weighted by molar-refractivity contribution is 7.89. The van der Waals surface area contributed by atoms with Gasteiger partial charge >= 0.3 is 0 Å². The average Bonchev–Trinajstić information content (AvgIpc) is 2.51. The van der Waals surface area contributed by atoms with Crippen LogP contribution in [0.3, 0.4) is 0 Å². The van der Waals surface area contributed by atoms with E-state index >= 15 is 0 Å². The Bertz CT molecular complexity index is 775. The van der Waals surface area contributed by atoms with Crippen molar-refractivity contribution in [2.75, 3.05) is 13.2 Å². The van der Waals surface area contributed by atoms with E-state index in [1.807, 2.05) is 25.1 Å². The van der Waals surface area contributed by atoms with Crippen molar-refractivity contribution in [2.24, 2.45) is 0 Å². The first-order chi connectivity index (χ1) is 11.2. The van der Waals surface area contributed by atoms with Gasteiger partial charge in [0.15, 0.2) is 0 Å². The number of benzene rings is 2. The third kappa shape index (κ3) is 5.08. The lowest BCUT2D eigenvalue weighted by atomic mass is 9.87. The Kier molecular flexibility index (Phi) is 5.67. The molecule has 0 fully saturated rings. The van der Waals surface area contributed by atoms with Crippen LogP contribution in [0.2, 0.25) is 0 Å². The first-order valence-corrected chi connectivity index (χ1v) is 9.46. The van der Waals surface area contributed by atoms with E-state index in [9.17, 15) is 8.42 Å². The number of hydrogen-bond donors (Lipinski definition) is 1. The average molecular weight is 347 g/mol. The van der Waals surface area contributed by atoms with Gasteiger partial charge in [-0.2, -0.15) is 0 Å². The molecule has 0 amide bonds. The van der Waals surface area contributed by atoms with Crippen molar-refractivity contribution in [2.45, 2.75) is 38.0 Å². The summed E-state index contributed by atoms with van der Waals surface area (Å²) in [5.74, 6) is 0.747. The predicted octanol–water partition coefficient (Wildman–Crippen LogP) is 3.65. The second-order valence-corrected chi connectivity index (χ2v) is 8.60. The van der Waals surface area contributed by atoms with E-state index in [1.54, 1.807) is 24.3 Å². The number of ether oxygens (including phenoxy) is 1. The molecule has 4 nitrogen and oxygen atoms in total. The molecule has 0 saturated heterocycles. The number of aryl methyl sites for hydroxylation is 1. The van der Waals surface area contributed by atoms with Crippen LogP contribution in [-0.4, -0.2) is 21.6 Å². The summed E-state index contributed by atoms with van der Waals surface area (Å²) in [6.45, 7) is 8.84. The molecule has 1 N–H and O–H groups in total. The minimum Gasteiger partial charge on any atom is -0.492 e. The summed E-state index contributed by atoms with van der Waals surface area (Å²) in [5, 5.41) is 0. The maximum Gasteiger partial charge on any atom is 0.240 e. The van der Waals surface area contributed by atoms with E-state index in [2.05, 4.69) is 31.6 Å². The Morgan fingerprint density at radius 2 is 1.71 bits per heavy atom. The zero-order valence-corrected chi connectivity index (χ0v) is 15.5. The van der Waals surface area contributed by atoms with Crippen molar-refractivity contribution in [3.05, 3.63) is 59.7 Å². The first-order valence-electron chi connectivity index (χ1n) is 7.98. The van der Waals surface area contributed by atoms with Crippen LogP contribution >= 0.6 is 0 Å². The zero-order valence-electron chi connectivity index (χ0n) is 14.7. The standard InChI is InChI=1S/C19H25NO3S/c1-15-8-10-18(11-9-15)24(21,22)20-12-13-23-17-7-5-6-16(14-17)19(2,3)4/h5-11,14,20H,12-13H2,1-4H3. The summed E-state index contributed by atoms with van der Waals surface area (Å²) in [7, 11) is -3.49. The minimum absolute atomic E-state index is 0.0480. The normalized spacial score (nSPS) is 12.2. The fraction of sp³-hybridized carbons (Fsp3) is 0.368. The molecule has 2 aromatic rings. The molecular formula is C19H25NO3S. The van der Waals surface area contributed by atoms with Gasteiger partial charge in [-0.25, -0.2) is 13.1 Å². The van der Waals surface area contributed by atoms with Crippen molar-refractivity contribution in [3.8, 4) is 5.75 Å². The van der Waals surface area contributed by atoms with Gasteiger partial charge in [0.1, 0.15) is 12.4 Å². The lowest BCUT2D eigenvalue weighted by Gasteiger charge is -2.19. The molecule has 0 spiro atoms. The molecule has 0 aliphatic carbocycles. The molecule has 0 bridgehead atoms. The summed E-state index contributed by atoms with van der Waals surface area (Å²) in [4.78, 5) is 0.267. The van der Waals surface area contributed by atoms with Crippen LogP contribution in [0.5, 0.6) is 5.75 Å². The van der Waals surface area contributed by atoms with Gasteiger partial charge in [-0.15, -0.1) is 0 Å². The minimum atomic E-state index is -3.49. The summed E-state index contributed by atoms with van der Waals surface area (Å²) >= 11 is 0. The summed E-state index contributed by atoms with van der Waals surface area (Å²) < 4.78 is 32.6. The highest BCUT2D eigenvalue weighted by Gasteiger charge is 2.15. The summed E-state index contributed by atoms with van der Waals surface area (Å²) in [6, 6.07) is 14.7. The SMILES string of the molecule is Cc1ccc(S(=O)(=O)NCCOc2cccc(C(C)(C)C)c2)cc1. The Morgan fingerprint density at radius 1 is 1.04 bits per heavy atom. The molecule has 130 valence electrons. The lowest BCUT2D eigenvalue weighted by molar-refractivity contribution is 0.322. The Hall–Kier alpha value is -1.85. The molecule has 2 aromatic carbocycles. The molecule has 0 aliphatic heterocycles. The van der Waals surface area contributed by atoms with Crippen molar-refractivity contribution in [1.82, 2.24) is 4.72 Å². The van der Waals surface area contributed by atoms with Crippen molar-refractivity contribution < 1.29 is 13.2 Å². The van der Waals surface area contributed by atoms with Crippen molar-refractivity contribution in [1.29, 1.82) is 0 Å². The maximum absolute atomic E-state index is 12.2. The second kappa shape index (κ2) is 7.36. The smallest absolute Gasteiger partial charge is 0.240 e. The molecular weight excluding hydrogens is 322 g/mol. The summed E-state index contributed by atoms with van der Waals surface area (Å²) in [5.41, 5.74) is 2.25. The lowest BCUT2D eigenvalue weighted by Crippen LogP contribution is -2.28. The molecule has 2 rings (SSSR count). The zero-order chi connectivity index (χ0) is 17.8. The molecule has 0 saturated carbocycles. The molecule has 0 atom stereocenters. The van der Waals surface area contributed by atoms with Crippen LogP contribution in [0.4, 0.5) is 0 Å². The number of sulfonamides is 1. The molecule has 5 heteroatoms. The number of rotatable bonds is 6. The molecule has 0 unspecified atom stereocenters. The quantitative estimate of drug-likeness (QED) is 0.812. The van der Waals surface area contributed by atoms with Crippen LogP contribution < -0.4 is 9.46 Å². The van der Waals surface area contributed by atoms with Gasteiger partial charge in [-0.05, 0) is 42.2 Å². The largest absolute Gasteiger partial charge is 0.492 e. The fourth-order valence-electron chi connectivity index (χ4n) is 2.20. The molecule has 0 aliphatic rings. The molecule has 0 heterocycles. The molecule has 0 radical (unpaired) electrons. The highest BCUT2D eigenvalue weighted by Crippen LogP contribution is 2.25. The van der Waals surface area contributed by atoms with Crippen LogP contribution in [0.15, 0.2) is 53.4 Å². The Balaban J connectivity index is 1.90. The Labute approximate surface area is 144 Å². The van der Waals surface area contributed by atoms with Gasteiger partial charge < -0.3 is 4.74 Å². The predicted molar refractivity (Wildman–Crippen MR) is 97.0 cm³/mol. The van der Waals surface area contributed by atoms with Gasteiger partial charge in [0.2, 0.25) is 10.0 Å².